The topological polar surface area (TPSA) is 113 Å². The molecule has 0 radical (unpaired) electrons. The number of aryl methyl sites for hydroxylation is 1. The highest BCUT2D eigenvalue weighted by Crippen LogP contribution is 2.13. The van der Waals surface area contributed by atoms with Gasteiger partial charge in [-0.25, -0.2) is 0 Å². The molecule has 29 heavy (non-hydrogen) atoms. The molecule has 0 fully saturated rings. The first-order valence-corrected chi connectivity index (χ1v) is 9.19. The Morgan fingerprint density at radius 1 is 1.31 bits per heavy atom. The molecule has 3 N–H and O–H groups in total. The smallest absolute Gasteiger partial charge is 0.307 e. The summed E-state index contributed by atoms with van der Waals surface area (Å²) in [6.07, 6.45) is 12.6. The number of nitrogens with zero attached hydrogens (tertiary/aromatic N) is 2. The lowest BCUT2D eigenvalue weighted by molar-refractivity contribution is -0.142. The van der Waals surface area contributed by atoms with Gasteiger partial charge in [0.05, 0.1) is 18.7 Å². The van der Waals surface area contributed by atoms with E-state index in [0.29, 0.717) is 18.0 Å². The van der Waals surface area contributed by atoms with Crippen LogP contribution in [-0.2, 0) is 21.4 Å². The Balaban J connectivity index is 0. The van der Waals surface area contributed by atoms with Crippen LogP contribution in [0.25, 0.3) is 0 Å². The van der Waals surface area contributed by atoms with Crippen molar-refractivity contribution in [2.24, 2.45) is 7.05 Å². The molecule has 0 aromatic carbocycles. The quantitative estimate of drug-likeness (QED) is 0.328. The van der Waals surface area contributed by atoms with Gasteiger partial charge in [0.2, 0.25) is 5.91 Å². The van der Waals surface area contributed by atoms with Crippen LogP contribution in [0, 0.1) is 12.8 Å². The number of hydrogen-bond acceptors (Lipinski definition) is 6. The number of anilines is 1. The minimum Gasteiger partial charge on any atom is -0.466 e. The van der Waals surface area contributed by atoms with Crippen LogP contribution in [0.5, 0.6) is 0 Å². The summed E-state index contributed by atoms with van der Waals surface area (Å²) in [5.74, 6) is -1.18. The minimum atomic E-state index is -0.430. The van der Waals surface area contributed by atoms with Gasteiger partial charge in [-0.1, -0.05) is 19.9 Å². The SMILES string of the molecule is C#C.C/C=C\N(O)CC(=O)Nc1cc(C(=O)NCCC(=O)OCC)n(C)c1.CC. The molecule has 2 amide bonds. The Morgan fingerprint density at radius 3 is 2.48 bits per heavy atom. The molecule has 162 valence electrons. The van der Waals surface area contributed by atoms with Crippen LogP contribution in [0.3, 0.4) is 0 Å². The van der Waals surface area contributed by atoms with Gasteiger partial charge in [0.15, 0.2) is 0 Å². The first-order valence-electron chi connectivity index (χ1n) is 9.19. The maximum absolute atomic E-state index is 12.1. The summed E-state index contributed by atoms with van der Waals surface area (Å²) in [6.45, 7) is 7.65. The third kappa shape index (κ3) is 11.9. The molecular weight excluding hydrogens is 376 g/mol. The Hall–Kier alpha value is -3.25. The molecule has 9 nitrogen and oxygen atoms in total. The fourth-order valence-corrected chi connectivity index (χ4v) is 2.03. The highest BCUT2D eigenvalue weighted by Gasteiger charge is 2.14. The molecular formula is C20H32N4O5. The van der Waals surface area contributed by atoms with Gasteiger partial charge < -0.3 is 19.9 Å². The molecule has 1 aromatic heterocycles. The molecule has 0 saturated carbocycles. The molecule has 1 heterocycles. The van der Waals surface area contributed by atoms with E-state index in [9.17, 15) is 19.6 Å². The van der Waals surface area contributed by atoms with Crippen molar-refractivity contribution in [2.75, 3.05) is 25.0 Å². The monoisotopic (exact) mass is 408 g/mol. The number of carbonyl (C=O) groups is 3. The minimum absolute atomic E-state index is 0.0882. The van der Waals surface area contributed by atoms with Crippen LogP contribution >= 0.6 is 0 Å². The fourth-order valence-electron chi connectivity index (χ4n) is 2.03. The Kier molecular flexibility index (Phi) is 16.3. The van der Waals surface area contributed by atoms with Gasteiger partial charge in [-0.15, -0.1) is 12.8 Å². The van der Waals surface area contributed by atoms with E-state index in [1.54, 1.807) is 37.7 Å². The predicted molar refractivity (Wildman–Crippen MR) is 112 cm³/mol. The summed E-state index contributed by atoms with van der Waals surface area (Å²) in [5, 5.41) is 15.4. The first-order chi connectivity index (χ1) is 13.9. The van der Waals surface area contributed by atoms with Crippen LogP contribution < -0.4 is 10.6 Å². The molecule has 0 unspecified atom stereocenters. The second-order valence-electron chi connectivity index (χ2n) is 5.16. The number of rotatable bonds is 9. The fraction of sp³-hybridized carbons (Fsp3) is 0.450. The summed E-state index contributed by atoms with van der Waals surface area (Å²) in [4.78, 5) is 35.1. The molecule has 0 spiro atoms. The van der Waals surface area contributed by atoms with Crippen LogP contribution in [0.1, 0.15) is 44.6 Å². The Labute approximate surface area is 172 Å². The van der Waals surface area contributed by atoms with Crippen molar-refractivity contribution in [1.29, 1.82) is 0 Å². The van der Waals surface area contributed by atoms with Crippen molar-refractivity contribution in [2.45, 2.75) is 34.1 Å². The number of amides is 2. The lowest BCUT2D eigenvalue weighted by Crippen LogP contribution is -2.28. The van der Waals surface area contributed by atoms with Gasteiger partial charge in [-0.05, 0) is 19.9 Å². The van der Waals surface area contributed by atoms with Gasteiger partial charge >= 0.3 is 5.97 Å². The number of nitrogens with one attached hydrogen (secondary N) is 2. The normalized spacial score (nSPS) is 9.38. The van der Waals surface area contributed by atoms with Gasteiger partial charge in [0.1, 0.15) is 12.2 Å². The van der Waals surface area contributed by atoms with Crippen molar-refractivity contribution in [1.82, 2.24) is 14.9 Å². The largest absolute Gasteiger partial charge is 0.466 e. The van der Waals surface area contributed by atoms with Gasteiger partial charge in [0.25, 0.3) is 5.91 Å². The summed E-state index contributed by atoms with van der Waals surface area (Å²) >= 11 is 0. The number of ether oxygens (including phenoxy) is 1. The number of terminal acetylenes is 1. The molecule has 0 aliphatic rings. The molecule has 9 heteroatoms. The van der Waals surface area contributed by atoms with Gasteiger partial charge in [-0.2, -0.15) is 0 Å². The summed E-state index contributed by atoms with van der Waals surface area (Å²) in [5.41, 5.74) is 0.755. The van der Waals surface area contributed by atoms with Crippen LogP contribution in [0.2, 0.25) is 0 Å². The van der Waals surface area contributed by atoms with E-state index in [1.165, 1.54) is 12.3 Å². The van der Waals surface area contributed by atoms with E-state index >= 15 is 0 Å². The maximum atomic E-state index is 12.1. The Bertz CT molecular complexity index is 680. The molecule has 0 aliphatic carbocycles. The van der Waals surface area contributed by atoms with Crippen LogP contribution in [0.4, 0.5) is 5.69 Å². The highest BCUT2D eigenvalue weighted by atomic mass is 16.5. The van der Waals surface area contributed by atoms with E-state index in [1.807, 2.05) is 13.8 Å². The van der Waals surface area contributed by atoms with Crippen molar-refractivity contribution in [3.63, 3.8) is 0 Å². The molecule has 0 bridgehead atoms. The van der Waals surface area contributed by atoms with Crippen LogP contribution in [0.15, 0.2) is 24.5 Å². The standard InChI is InChI=1S/C16H24N4O5.C2H6.C2H2/c1-4-8-20(24)11-14(21)18-12-9-13(19(3)10-12)16(23)17-7-6-15(22)25-5-2;2*1-2/h4,8-10,24H,5-7,11H2,1-3H3,(H,17,23)(H,18,21);1-2H3;1-2H/b8-4-;;. The summed E-state index contributed by atoms with van der Waals surface area (Å²) < 4.78 is 6.33. The molecule has 1 rings (SSSR count). The Morgan fingerprint density at radius 2 is 1.93 bits per heavy atom. The first kappa shape index (κ1) is 28.0. The number of hydroxylamine groups is 2. The lowest BCUT2D eigenvalue weighted by Gasteiger charge is -2.10. The molecule has 1 aromatic rings. The maximum Gasteiger partial charge on any atom is 0.307 e. The predicted octanol–water partition coefficient (Wildman–Crippen LogP) is 2.15. The van der Waals surface area contributed by atoms with Crippen molar-refractivity contribution in [3.05, 3.63) is 30.2 Å². The zero-order valence-electron chi connectivity index (χ0n) is 17.8. The summed E-state index contributed by atoms with van der Waals surface area (Å²) in [7, 11) is 1.66. The second kappa shape index (κ2) is 16.9. The molecule has 0 atom stereocenters. The van der Waals surface area contributed by atoms with Crippen molar-refractivity contribution < 1.29 is 24.3 Å². The van der Waals surface area contributed by atoms with Crippen LogP contribution in [-0.4, -0.2) is 52.3 Å². The molecule has 0 saturated heterocycles. The van der Waals surface area contributed by atoms with Crippen molar-refractivity contribution in [3.8, 4) is 12.8 Å². The number of aromatic nitrogens is 1. The number of esters is 1. The number of allylic oxidation sites excluding steroid dienone is 1. The third-order valence-electron chi connectivity index (χ3n) is 3.07. The second-order valence-corrected chi connectivity index (χ2v) is 5.16. The summed E-state index contributed by atoms with van der Waals surface area (Å²) in [6, 6.07) is 1.51. The zero-order chi connectivity index (χ0) is 22.8. The van der Waals surface area contributed by atoms with Gasteiger partial charge in [0, 0.05) is 26.0 Å². The average Bonchev–Trinajstić information content (AvgIpc) is 3.05. The molecule has 0 aliphatic heterocycles. The van der Waals surface area contributed by atoms with E-state index in [4.69, 9.17) is 4.74 Å². The highest BCUT2D eigenvalue weighted by molar-refractivity contribution is 5.97. The number of carbonyl (C=O) groups excluding carboxylic acids is 3. The van der Waals surface area contributed by atoms with Gasteiger partial charge in [-0.3, -0.25) is 24.7 Å². The van der Waals surface area contributed by atoms with E-state index < -0.39 is 5.91 Å². The lowest BCUT2D eigenvalue weighted by atomic mass is 10.3. The van der Waals surface area contributed by atoms with Crippen molar-refractivity contribution >= 4 is 23.5 Å². The zero-order valence-corrected chi connectivity index (χ0v) is 17.8. The van der Waals surface area contributed by atoms with E-state index in [0.717, 1.165) is 5.06 Å². The third-order valence-corrected chi connectivity index (χ3v) is 3.07. The van der Waals surface area contributed by atoms with E-state index in [-0.39, 0.29) is 31.4 Å². The van der Waals surface area contributed by atoms with E-state index in [2.05, 4.69) is 23.5 Å². The average molecular weight is 408 g/mol. The number of hydrogen-bond donors (Lipinski definition) is 3.